The van der Waals surface area contributed by atoms with Crippen LogP contribution >= 0.6 is 11.3 Å². The third-order valence-electron chi connectivity index (χ3n) is 5.05. The van der Waals surface area contributed by atoms with Gasteiger partial charge in [-0.05, 0) is 35.9 Å². The molecule has 1 saturated heterocycles. The zero-order chi connectivity index (χ0) is 22.5. The molecule has 32 heavy (non-hydrogen) atoms. The fourth-order valence-corrected chi connectivity index (χ4v) is 4.29. The Balaban J connectivity index is 1.38. The lowest BCUT2D eigenvalue weighted by atomic mass is 10.1. The van der Waals surface area contributed by atoms with Crippen molar-refractivity contribution in [1.29, 1.82) is 0 Å². The highest BCUT2D eigenvalue weighted by Crippen LogP contribution is 2.34. The Morgan fingerprint density at radius 3 is 2.66 bits per heavy atom. The van der Waals surface area contributed by atoms with Crippen LogP contribution in [-0.4, -0.2) is 42.8 Å². The van der Waals surface area contributed by atoms with E-state index in [2.05, 4.69) is 15.5 Å². The maximum absolute atomic E-state index is 12.4. The van der Waals surface area contributed by atoms with Crippen molar-refractivity contribution in [2.24, 2.45) is 0 Å². The quantitative estimate of drug-likeness (QED) is 0.552. The Kier molecular flexibility index (Phi) is 6.46. The molecule has 1 aromatic heterocycles. The van der Waals surface area contributed by atoms with Crippen molar-refractivity contribution < 1.29 is 19.1 Å². The van der Waals surface area contributed by atoms with Crippen LogP contribution in [0, 0.1) is 0 Å². The molecule has 0 aliphatic carbocycles. The number of aromatic nitrogens is 2. The molecule has 3 aromatic rings. The van der Waals surface area contributed by atoms with Gasteiger partial charge in [0.1, 0.15) is 5.01 Å². The molecular formula is C23H22N4O4S. The van der Waals surface area contributed by atoms with Crippen molar-refractivity contribution in [3.8, 4) is 11.5 Å². The van der Waals surface area contributed by atoms with Gasteiger partial charge in [-0.3, -0.25) is 14.9 Å². The lowest BCUT2D eigenvalue weighted by molar-refractivity contribution is -0.117. The molecule has 2 heterocycles. The fourth-order valence-electron chi connectivity index (χ4n) is 3.46. The van der Waals surface area contributed by atoms with Crippen LogP contribution in [0.25, 0.3) is 6.08 Å². The van der Waals surface area contributed by atoms with Crippen molar-refractivity contribution in [3.05, 3.63) is 65.2 Å². The van der Waals surface area contributed by atoms with E-state index >= 15 is 0 Å². The highest BCUT2D eigenvalue weighted by Gasteiger charge is 2.33. The molecule has 1 aliphatic rings. The standard InChI is InChI=1S/C23H22N4O4S/c1-30-18-10-8-15(12-19(18)31-2)9-11-20(28)24-23-26-25-22(32-23)16-13-21(29)27(14-16)17-6-4-3-5-7-17/h3-12,16H,13-14H2,1-2H3,(H,24,26,28)/b11-9+. The number of hydrogen-bond acceptors (Lipinski definition) is 7. The first-order valence-corrected chi connectivity index (χ1v) is 10.8. The fraction of sp³-hybridized carbons (Fsp3) is 0.217. The van der Waals surface area contributed by atoms with E-state index in [0.717, 1.165) is 16.3 Å². The Labute approximate surface area is 189 Å². The van der Waals surface area contributed by atoms with Gasteiger partial charge in [-0.1, -0.05) is 35.6 Å². The second kappa shape index (κ2) is 9.61. The molecule has 0 radical (unpaired) electrons. The second-order valence-electron chi connectivity index (χ2n) is 7.12. The highest BCUT2D eigenvalue weighted by atomic mass is 32.1. The number of ether oxygens (including phenoxy) is 2. The zero-order valence-corrected chi connectivity index (χ0v) is 18.5. The molecule has 2 amide bonds. The van der Waals surface area contributed by atoms with E-state index in [9.17, 15) is 9.59 Å². The number of carbonyl (C=O) groups excluding carboxylic acids is 2. The molecule has 8 nitrogen and oxygen atoms in total. The molecule has 1 aliphatic heterocycles. The SMILES string of the molecule is COc1ccc(/C=C/C(=O)Nc2nnc(C3CC(=O)N(c4ccccc4)C3)s2)cc1OC. The van der Waals surface area contributed by atoms with E-state index in [1.165, 1.54) is 17.4 Å². The number of hydrogen-bond donors (Lipinski definition) is 1. The molecule has 4 rings (SSSR count). The van der Waals surface area contributed by atoms with Gasteiger partial charge >= 0.3 is 0 Å². The third-order valence-corrected chi connectivity index (χ3v) is 6.05. The molecule has 1 unspecified atom stereocenters. The zero-order valence-electron chi connectivity index (χ0n) is 17.6. The molecule has 164 valence electrons. The Morgan fingerprint density at radius 2 is 1.91 bits per heavy atom. The molecule has 1 atom stereocenters. The number of nitrogens with one attached hydrogen (secondary N) is 1. The highest BCUT2D eigenvalue weighted by molar-refractivity contribution is 7.15. The molecule has 0 spiro atoms. The van der Waals surface area contributed by atoms with Crippen LogP contribution in [-0.2, 0) is 9.59 Å². The molecule has 1 N–H and O–H groups in total. The summed E-state index contributed by atoms with van der Waals surface area (Å²) in [5.41, 5.74) is 1.67. The van der Waals surface area contributed by atoms with Crippen LogP contribution in [0.4, 0.5) is 10.8 Å². The van der Waals surface area contributed by atoms with E-state index in [1.54, 1.807) is 37.3 Å². The summed E-state index contributed by atoms with van der Waals surface area (Å²) >= 11 is 1.29. The van der Waals surface area contributed by atoms with Crippen molar-refractivity contribution in [1.82, 2.24) is 10.2 Å². The number of anilines is 2. The number of carbonyl (C=O) groups is 2. The van der Waals surface area contributed by atoms with Crippen LogP contribution in [0.1, 0.15) is 22.9 Å². The number of rotatable bonds is 7. The summed E-state index contributed by atoms with van der Waals surface area (Å²) in [4.78, 5) is 26.5. The molecule has 2 aromatic carbocycles. The van der Waals surface area contributed by atoms with Crippen LogP contribution < -0.4 is 19.7 Å². The first kappa shape index (κ1) is 21.5. The van der Waals surface area contributed by atoms with Gasteiger partial charge in [0.25, 0.3) is 0 Å². The summed E-state index contributed by atoms with van der Waals surface area (Å²) in [6, 6.07) is 14.9. The normalized spacial score (nSPS) is 15.9. The first-order chi connectivity index (χ1) is 15.6. The smallest absolute Gasteiger partial charge is 0.250 e. The van der Waals surface area contributed by atoms with Crippen LogP contribution in [0.2, 0.25) is 0 Å². The lowest BCUT2D eigenvalue weighted by Gasteiger charge is -2.15. The minimum Gasteiger partial charge on any atom is -0.493 e. The summed E-state index contributed by atoms with van der Waals surface area (Å²) in [5.74, 6) is 0.884. The van der Waals surface area contributed by atoms with E-state index < -0.39 is 0 Å². The Bertz CT molecular complexity index is 1150. The van der Waals surface area contributed by atoms with Gasteiger partial charge in [-0.2, -0.15) is 0 Å². The molecule has 0 saturated carbocycles. The van der Waals surface area contributed by atoms with Gasteiger partial charge in [0, 0.05) is 30.6 Å². The van der Waals surface area contributed by atoms with Gasteiger partial charge in [-0.25, -0.2) is 0 Å². The summed E-state index contributed by atoms with van der Waals surface area (Å²) in [7, 11) is 3.12. The summed E-state index contributed by atoms with van der Waals surface area (Å²) in [5, 5.41) is 12.1. The minimum absolute atomic E-state index is 0.0480. The Hall–Kier alpha value is -3.72. The van der Waals surface area contributed by atoms with Crippen molar-refractivity contribution in [2.75, 3.05) is 31.0 Å². The number of methoxy groups -OCH3 is 2. The van der Waals surface area contributed by atoms with Crippen molar-refractivity contribution in [3.63, 3.8) is 0 Å². The predicted molar refractivity (Wildman–Crippen MR) is 123 cm³/mol. The predicted octanol–water partition coefficient (Wildman–Crippen LogP) is 3.73. The van der Waals surface area contributed by atoms with Crippen molar-refractivity contribution >= 4 is 40.0 Å². The summed E-state index contributed by atoms with van der Waals surface area (Å²) in [6.07, 6.45) is 3.46. The van der Waals surface area contributed by atoms with E-state index in [0.29, 0.717) is 29.6 Å². The van der Waals surface area contributed by atoms with Gasteiger partial charge in [0.2, 0.25) is 16.9 Å². The third kappa shape index (κ3) is 4.78. The van der Waals surface area contributed by atoms with Crippen LogP contribution in [0.3, 0.4) is 0 Å². The van der Waals surface area contributed by atoms with Gasteiger partial charge < -0.3 is 14.4 Å². The average molecular weight is 451 g/mol. The van der Waals surface area contributed by atoms with E-state index in [1.807, 2.05) is 36.4 Å². The first-order valence-electron chi connectivity index (χ1n) is 9.97. The maximum atomic E-state index is 12.4. The molecule has 1 fully saturated rings. The van der Waals surface area contributed by atoms with E-state index in [4.69, 9.17) is 9.47 Å². The number of nitrogens with zero attached hydrogens (tertiary/aromatic N) is 3. The average Bonchev–Trinajstić information content (AvgIpc) is 3.44. The van der Waals surface area contributed by atoms with E-state index in [-0.39, 0.29) is 17.7 Å². The van der Waals surface area contributed by atoms with Crippen LogP contribution in [0.5, 0.6) is 11.5 Å². The number of amides is 2. The molecular weight excluding hydrogens is 428 g/mol. The Morgan fingerprint density at radius 1 is 1.12 bits per heavy atom. The molecule has 9 heteroatoms. The monoisotopic (exact) mass is 450 g/mol. The molecule has 0 bridgehead atoms. The number of benzene rings is 2. The largest absolute Gasteiger partial charge is 0.493 e. The van der Waals surface area contributed by atoms with Gasteiger partial charge in [-0.15, -0.1) is 10.2 Å². The number of para-hydroxylation sites is 1. The minimum atomic E-state index is -0.323. The van der Waals surface area contributed by atoms with Gasteiger partial charge in [0.15, 0.2) is 11.5 Å². The lowest BCUT2D eigenvalue weighted by Crippen LogP contribution is -2.24. The summed E-state index contributed by atoms with van der Waals surface area (Å²) < 4.78 is 10.5. The van der Waals surface area contributed by atoms with Crippen LogP contribution in [0.15, 0.2) is 54.6 Å². The maximum Gasteiger partial charge on any atom is 0.250 e. The summed E-state index contributed by atoms with van der Waals surface area (Å²) in [6.45, 7) is 0.546. The topological polar surface area (TPSA) is 93.7 Å². The second-order valence-corrected chi connectivity index (χ2v) is 8.13. The van der Waals surface area contributed by atoms with Crippen molar-refractivity contribution in [2.45, 2.75) is 12.3 Å². The van der Waals surface area contributed by atoms with Gasteiger partial charge in [0.05, 0.1) is 14.2 Å².